The van der Waals surface area contributed by atoms with Crippen LogP contribution in [0.25, 0.3) is 0 Å². The van der Waals surface area contributed by atoms with Gasteiger partial charge in [-0.05, 0) is 68.0 Å². The molecule has 2 fully saturated rings. The van der Waals surface area contributed by atoms with E-state index in [1.54, 1.807) is 16.7 Å². The van der Waals surface area contributed by atoms with Crippen molar-refractivity contribution in [1.29, 1.82) is 0 Å². The van der Waals surface area contributed by atoms with E-state index in [1.165, 1.54) is 11.9 Å². The minimum Gasteiger partial charge on any atom is -0.396 e. The first-order chi connectivity index (χ1) is 18.8. The van der Waals surface area contributed by atoms with Crippen molar-refractivity contribution in [2.45, 2.75) is 57.4 Å². The Bertz CT molecular complexity index is 1250. The minimum atomic E-state index is -4.74. The molecular formula is C29H35F4N3O4. The lowest BCUT2D eigenvalue weighted by atomic mass is 9.77. The molecule has 3 amide bonds. The maximum Gasteiger partial charge on any atom is 0.416 e. The van der Waals surface area contributed by atoms with Gasteiger partial charge in [-0.25, -0.2) is 9.18 Å². The van der Waals surface area contributed by atoms with Gasteiger partial charge in [-0.15, -0.1) is 0 Å². The van der Waals surface area contributed by atoms with Crippen LogP contribution in [0, 0.1) is 18.2 Å². The number of fused-ring (bicyclic) bond motifs is 1. The second kappa shape index (κ2) is 11.4. The van der Waals surface area contributed by atoms with Crippen molar-refractivity contribution >= 4 is 11.9 Å². The highest BCUT2D eigenvalue weighted by Crippen LogP contribution is 2.49. The van der Waals surface area contributed by atoms with Gasteiger partial charge in [0, 0.05) is 33.4 Å². The van der Waals surface area contributed by atoms with Gasteiger partial charge in [0.1, 0.15) is 5.82 Å². The fourth-order valence-electron chi connectivity index (χ4n) is 6.25. The maximum absolute atomic E-state index is 14.2. The molecule has 40 heavy (non-hydrogen) atoms. The highest BCUT2D eigenvalue weighted by atomic mass is 19.4. The Morgan fingerprint density at radius 3 is 2.38 bits per heavy atom. The summed E-state index contributed by atoms with van der Waals surface area (Å²) in [6.45, 7) is 3.40. The zero-order valence-electron chi connectivity index (χ0n) is 22.8. The van der Waals surface area contributed by atoms with Crippen molar-refractivity contribution in [2.75, 3.05) is 33.4 Å². The molecule has 3 unspecified atom stereocenters. The number of carbonyl (C=O) groups is 2. The largest absolute Gasteiger partial charge is 0.416 e. The standard InChI is InChI=1S/C29H35F4N3O4/c1-18-6-4-5-7-23(18)25-24-17-28(8-12-37,9-13-38)26(39)35(24)10-11-36(25)27(40)34(3)19(2)20-14-21(29(31,32)33)16-22(30)15-20/h4-7,14-16,19,24-25,37-38H,8-13,17H2,1-3H3. The van der Waals surface area contributed by atoms with Gasteiger partial charge >= 0.3 is 12.2 Å². The summed E-state index contributed by atoms with van der Waals surface area (Å²) < 4.78 is 54.2. The van der Waals surface area contributed by atoms with Gasteiger partial charge in [-0.1, -0.05) is 24.3 Å². The van der Waals surface area contributed by atoms with Crippen LogP contribution < -0.4 is 0 Å². The van der Waals surface area contributed by atoms with Crippen molar-refractivity contribution in [3.8, 4) is 0 Å². The van der Waals surface area contributed by atoms with Crippen LogP contribution >= 0.6 is 0 Å². The summed E-state index contributed by atoms with van der Waals surface area (Å²) in [4.78, 5) is 32.3. The highest BCUT2D eigenvalue weighted by molar-refractivity contribution is 5.86. The number of alkyl halides is 3. The number of nitrogens with zero attached hydrogens (tertiary/aromatic N) is 3. The molecule has 0 saturated carbocycles. The number of urea groups is 1. The normalized spacial score (nSPS) is 21.4. The number of halogens is 4. The van der Waals surface area contributed by atoms with E-state index in [4.69, 9.17) is 0 Å². The molecule has 0 bridgehead atoms. The van der Waals surface area contributed by atoms with Crippen LogP contribution in [0.3, 0.4) is 0 Å². The summed E-state index contributed by atoms with van der Waals surface area (Å²) in [5.41, 5.74) is -0.348. The van der Waals surface area contributed by atoms with E-state index in [2.05, 4.69) is 0 Å². The highest BCUT2D eigenvalue weighted by Gasteiger charge is 2.56. The molecular weight excluding hydrogens is 530 g/mol. The average Bonchev–Trinajstić information content (AvgIpc) is 3.18. The number of piperazine rings is 1. The topological polar surface area (TPSA) is 84.3 Å². The summed E-state index contributed by atoms with van der Waals surface area (Å²) >= 11 is 0. The van der Waals surface area contributed by atoms with Crippen molar-refractivity contribution in [1.82, 2.24) is 14.7 Å². The Morgan fingerprint density at radius 1 is 1.12 bits per heavy atom. The Kier molecular flexibility index (Phi) is 8.46. The van der Waals surface area contributed by atoms with E-state index in [0.717, 1.165) is 23.3 Å². The monoisotopic (exact) mass is 565 g/mol. The molecule has 0 aromatic heterocycles. The van der Waals surface area contributed by atoms with Crippen molar-refractivity contribution in [3.05, 3.63) is 70.5 Å². The first kappa shape index (κ1) is 29.8. The number of amides is 3. The second-order valence-corrected chi connectivity index (χ2v) is 10.8. The van der Waals surface area contributed by atoms with Gasteiger partial charge in [0.2, 0.25) is 5.91 Å². The number of aryl methyl sites for hydroxylation is 1. The number of aliphatic hydroxyl groups excluding tert-OH is 2. The van der Waals surface area contributed by atoms with Crippen LogP contribution in [0.2, 0.25) is 0 Å². The Balaban J connectivity index is 1.71. The molecule has 0 radical (unpaired) electrons. The third-order valence-electron chi connectivity index (χ3n) is 8.54. The van der Waals surface area contributed by atoms with E-state index in [-0.39, 0.29) is 50.6 Å². The van der Waals surface area contributed by atoms with Crippen LogP contribution in [0.1, 0.15) is 60.5 Å². The SMILES string of the molecule is Cc1ccccc1C1C2CC(CCO)(CCO)C(=O)N2CCN1C(=O)N(C)C(C)c1cc(F)cc(C(F)(F)F)c1. The summed E-state index contributed by atoms with van der Waals surface area (Å²) in [5.74, 6) is -1.20. The average molecular weight is 566 g/mol. The van der Waals surface area contributed by atoms with Crippen molar-refractivity contribution in [2.24, 2.45) is 5.41 Å². The number of rotatable bonds is 7. The van der Waals surface area contributed by atoms with Gasteiger partial charge in [0.25, 0.3) is 0 Å². The van der Waals surface area contributed by atoms with Gasteiger partial charge < -0.3 is 24.9 Å². The third-order valence-corrected chi connectivity index (χ3v) is 8.54. The third kappa shape index (κ3) is 5.41. The summed E-state index contributed by atoms with van der Waals surface area (Å²) in [6.07, 6.45) is -4.04. The molecule has 2 heterocycles. The molecule has 2 aromatic carbocycles. The van der Waals surface area contributed by atoms with E-state index in [9.17, 15) is 37.4 Å². The Morgan fingerprint density at radius 2 is 1.77 bits per heavy atom. The second-order valence-electron chi connectivity index (χ2n) is 10.8. The fourth-order valence-corrected chi connectivity index (χ4v) is 6.25. The number of aliphatic hydroxyl groups is 2. The zero-order valence-corrected chi connectivity index (χ0v) is 22.8. The quantitative estimate of drug-likeness (QED) is 0.478. The van der Waals surface area contributed by atoms with Gasteiger partial charge in [0.15, 0.2) is 0 Å². The molecule has 2 saturated heterocycles. The van der Waals surface area contributed by atoms with Crippen molar-refractivity contribution < 1.29 is 37.4 Å². The molecule has 0 spiro atoms. The molecule has 4 rings (SSSR count). The molecule has 218 valence electrons. The Hall–Kier alpha value is -3.18. The van der Waals surface area contributed by atoms with Crippen LogP contribution in [-0.2, 0) is 11.0 Å². The molecule has 2 aromatic rings. The number of benzene rings is 2. The molecule has 2 aliphatic rings. The van der Waals surface area contributed by atoms with E-state index >= 15 is 0 Å². The number of hydrogen-bond acceptors (Lipinski definition) is 4. The molecule has 2 aliphatic heterocycles. The van der Waals surface area contributed by atoms with Crippen LogP contribution in [0.4, 0.5) is 22.4 Å². The molecule has 0 aliphatic carbocycles. The van der Waals surface area contributed by atoms with Crippen LogP contribution in [0.5, 0.6) is 0 Å². The predicted molar refractivity (Wildman–Crippen MR) is 140 cm³/mol. The first-order valence-corrected chi connectivity index (χ1v) is 13.3. The predicted octanol–water partition coefficient (Wildman–Crippen LogP) is 4.67. The molecule has 2 N–H and O–H groups in total. The van der Waals surface area contributed by atoms with E-state index in [0.29, 0.717) is 12.5 Å². The van der Waals surface area contributed by atoms with E-state index < -0.39 is 47.1 Å². The summed E-state index contributed by atoms with van der Waals surface area (Å²) in [5, 5.41) is 19.5. The van der Waals surface area contributed by atoms with Crippen LogP contribution in [-0.4, -0.2) is 76.2 Å². The Labute approximate surface area is 231 Å². The summed E-state index contributed by atoms with van der Waals surface area (Å²) in [7, 11) is 1.47. The first-order valence-electron chi connectivity index (χ1n) is 13.3. The maximum atomic E-state index is 14.2. The van der Waals surface area contributed by atoms with Gasteiger partial charge in [-0.2, -0.15) is 13.2 Å². The van der Waals surface area contributed by atoms with Gasteiger partial charge in [-0.3, -0.25) is 4.79 Å². The summed E-state index contributed by atoms with van der Waals surface area (Å²) in [6, 6.07) is 7.41. The molecule has 7 nitrogen and oxygen atoms in total. The van der Waals surface area contributed by atoms with E-state index in [1.807, 2.05) is 31.2 Å². The smallest absolute Gasteiger partial charge is 0.396 e. The lowest BCUT2D eigenvalue weighted by molar-refractivity contribution is -0.140. The lowest BCUT2D eigenvalue weighted by Gasteiger charge is -2.47. The van der Waals surface area contributed by atoms with Crippen molar-refractivity contribution in [3.63, 3.8) is 0 Å². The minimum absolute atomic E-state index is 0.00945. The fraction of sp³-hybridized carbons (Fsp3) is 0.517. The number of carbonyl (C=O) groups excluding carboxylic acids is 2. The van der Waals surface area contributed by atoms with Gasteiger partial charge in [0.05, 0.1) is 29.1 Å². The van der Waals surface area contributed by atoms with Crippen LogP contribution in [0.15, 0.2) is 42.5 Å². The molecule has 3 atom stereocenters. The zero-order chi connectivity index (χ0) is 29.4. The molecule has 11 heteroatoms. The number of hydrogen-bond donors (Lipinski definition) is 2. The lowest BCUT2D eigenvalue weighted by Crippen LogP contribution is -2.57.